The van der Waals surface area contributed by atoms with E-state index in [9.17, 15) is 9.59 Å². The first-order chi connectivity index (χ1) is 14.6. The highest BCUT2D eigenvalue weighted by Crippen LogP contribution is 2.40. The van der Waals surface area contributed by atoms with Gasteiger partial charge in [-0.15, -0.1) is 0 Å². The van der Waals surface area contributed by atoms with Crippen LogP contribution in [0.15, 0.2) is 71.5 Å². The number of hydrogen-bond donors (Lipinski definition) is 0. The SMILES string of the molecule is N#Cc1ccc(C(=O)N2C[C@@H]3C[C@H](C2)c2c(-c4ccccc4)ccc(=O)n2C3)cc1. The van der Waals surface area contributed by atoms with Gasteiger partial charge in [0.25, 0.3) is 11.5 Å². The van der Waals surface area contributed by atoms with Crippen molar-refractivity contribution in [3.8, 4) is 17.2 Å². The molecule has 30 heavy (non-hydrogen) atoms. The summed E-state index contributed by atoms with van der Waals surface area (Å²) in [6.07, 6.45) is 0.987. The number of fused-ring (bicyclic) bond motifs is 4. The van der Waals surface area contributed by atoms with Crippen LogP contribution < -0.4 is 5.56 Å². The Hall–Kier alpha value is -3.65. The quantitative estimate of drug-likeness (QED) is 0.665. The first kappa shape index (κ1) is 18.4. The van der Waals surface area contributed by atoms with Crippen LogP contribution in [-0.4, -0.2) is 28.5 Å². The zero-order valence-electron chi connectivity index (χ0n) is 16.5. The molecule has 1 amide bonds. The highest BCUT2D eigenvalue weighted by Gasteiger charge is 2.38. The summed E-state index contributed by atoms with van der Waals surface area (Å²) in [5, 5.41) is 8.99. The molecule has 2 bridgehead atoms. The lowest BCUT2D eigenvalue weighted by atomic mass is 9.80. The fraction of sp³-hybridized carbons (Fsp3) is 0.240. The first-order valence-electron chi connectivity index (χ1n) is 10.2. The van der Waals surface area contributed by atoms with E-state index in [1.54, 1.807) is 30.3 Å². The lowest BCUT2D eigenvalue weighted by molar-refractivity contribution is 0.0595. The molecular weight excluding hydrogens is 374 g/mol. The van der Waals surface area contributed by atoms with Gasteiger partial charge in [-0.1, -0.05) is 30.3 Å². The summed E-state index contributed by atoms with van der Waals surface area (Å²) in [6, 6.07) is 22.6. The highest BCUT2D eigenvalue weighted by atomic mass is 16.2. The van der Waals surface area contributed by atoms with Gasteiger partial charge in [0.05, 0.1) is 11.6 Å². The van der Waals surface area contributed by atoms with Gasteiger partial charge < -0.3 is 9.47 Å². The van der Waals surface area contributed by atoms with Gasteiger partial charge in [-0.05, 0) is 48.2 Å². The van der Waals surface area contributed by atoms with E-state index in [2.05, 4.69) is 18.2 Å². The Labute approximate surface area is 174 Å². The topological polar surface area (TPSA) is 66.1 Å². The smallest absolute Gasteiger partial charge is 0.253 e. The zero-order valence-corrected chi connectivity index (χ0v) is 16.5. The third-order valence-electron chi connectivity index (χ3n) is 6.22. The second-order valence-electron chi connectivity index (χ2n) is 8.15. The molecule has 5 heteroatoms. The molecule has 0 aliphatic carbocycles. The molecular formula is C25H21N3O2. The molecule has 3 aromatic rings. The van der Waals surface area contributed by atoms with Crippen molar-refractivity contribution in [2.45, 2.75) is 18.9 Å². The molecule has 1 fully saturated rings. The minimum absolute atomic E-state index is 0.0119. The average Bonchev–Trinajstić information content (AvgIpc) is 2.80. The minimum atomic E-state index is -0.0119. The van der Waals surface area contributed by atoms with Crippen LogP contribution in [0.25, 0.3) is 11.1 Å². The van der Waals surface area contributed by atoms with E-state index in [0.29, 0.717) is 30.8 Å². The van der Waals surface area contributed by atoms with Crippen molar-refractivity contribution in [3.63, 3.8) is 0 Å². The maximum atomic E-state index is 13.1. The number of carbonyl (C=O) groups is 1. The van der Waals surface area contributed by atoms with E-state index in [1.807, 2.05) is 33.7 Å². The summed E-state index contributed by atoms with van der Waals surface area (Å²) in [5.74, 6) is 0.383. The summed E-state index contributed by atoms with van der Waals surface area (Å²) < 4.78 is 1.92. The maximum Gasteiger partial charge on any atom is 0.253 e. The second kappa shape index (κ2) is 7.31. The lowest BCUT2D eigenvalue weighted by Crippen LogP contribution is -2.49. The number of piperidine rings is 1. The number of nitrogens with zero attached hydrogens (tertiary/aromatic N) is 3. The van der Waals surface area contributed by atoms with Crippen LogP contribution in [0.3, 0.4) is 0 Å². The molecule has 2 atom stereocenters. The number of rotatable bonds is 2. The molecule has 148 valence electrons. The van der Waals surface area contributed by atoms with Crippen molar-refractivity contribution in [1.29, 1.82) is 5.26 Å². The summed E-state index contributed by atoms with van der Waals surface area (Å²) in [5.41, 5.74) is 4.39. The summed E-state index contributed by atoms with van der Waals surface area (Å²) in [4.78, 5) is 27.7. The van der Waals surface area contributed by atoms with Crippen molar-refractivity contribution in [2.24, 2.45) is 5.92 Å². The maximum absolute atomic E-state index is 13.1. The van der Waals surface area contributed by atoms with E-state index in [0.717, 1.165) is 23.2 Å². The third kappa shape index (κ3) is 3.11. The number of amides is 1. The van der Waals surface area contributed by atoms with E-state index in [4.69, 9.17) is 5.26 Å². The molecule has 0 unspecified atom stereocenters. The van der Waals surface area contributed by atoms with E-state index in [1.165, 1.54) is 0 Å². The van der Waals surface area contributed by atoms with Crippen molar-refractivity contribution >= 4 is 5.91 Å². The van der Waals surface area contributed by atoms with Crippen LogP contribution in [0.4, 0.5) is 0 Å². The Morgan fingerprint density at radius 3 is 2.43 bits per heavy atom. The van der Waals surface area contributed by atoms with Crippen LogP contribution in [0.2, 0.25) is 0 Å². The van der Waals surface area contributed by atoms with Crippen LogP contribution in [-0.2, 0) is 6.54 Å². The van der Waals surface area contributed by atoms with Crippen LogP contribution >= 0.6 is 0 Å². The van der Waals surface area contributed by atoms with E-state index < -0.39 is 0 Å². The van der Waals surface area contributed by atoms with E-state index >= 15 is 0 Å². The third-order valence-corrected chi connectivity index (χ3v) is 6.22. The van der Waals surface area contributed by atoms with Crippen LogP contribution in [0, 0.1) is 17.2 Å². The molecule has 2 aliphatic heterocycles. The van der Waals surface area contributed by atoms with Crippen LogP contribution in [0.5, 0.6) is 0 Å². The highest BCUT2D eigenvalue weighted by molar-refractivity contribution is 5.94. The number of pyridine rings is 1. The van der Waals surface area contributed by atoms with Crippen molar-refractivity contribution in [2.75, 3.05) is 13.1 Å². The number of carbonyl (C=O) groups excluding carboxylic acids is 1. The van der Waals surface area contributed by atoms with Gasteiger partial charge in [-0.3, -0.25) is 9.59 Å². The fourth-order valence-electron chi connectivity index (χ4n) is 4.91. The van der Waals surface area contributed by atoms with Crippen molar-refractivity contribution < 1.29 is 4.79 Å². The van der Waals surface area contributed by atoms with Gasteiger partial charge in [0.1, 0.15) is 0 Å². The van der Waals surface area contributed by atoms with Gasteiger partial charge >= 0.3 is 0 Å². The standard InChI is InChI=1S/C25H21N3O2/c26-13-17-6-8-20(9-7-17)25(30)27-14-18-12-21(16-27)24-22(19-4-2-1-3-5-19)10-11-23(29)28(24)15-18/h1-11,18,21H,12,14-16H2/t18-,21+/m0/s1. The predicted octanol–water partition coefficient (Wildman–Crippen LogP) is 3.65. The number of likely N-dealkylation sites (tertiary alicyclic amines) is 1. The Bertz CT molecular complexity index is 1210. The summed E-state index contributed by atoms with van der Waals surface area (Å²) in [7, 11) is 0. The number of hydrogen-bond acceptors (Lipinski definition) is 3. The normalized spacial score (nSPS) is 19.6. The first-order valence-corrected chi connectivity index (χ1v) is 10.2. The van der Waals surface area contributed by atoms with Gasteiger partial charge in [0.15, 0.2) is 0 Å². The Morgan fingerprint density at radius 2 is 1.70 bits per heavy atom. The monoisotopic (exact) mass is 395 g/mol. The molecule has 0 spiro atoms. The average molecular weight is 395 g/mol. The molecule has 2 aliphatic rings. The number of aromatic nitrogens is 1. The molecule has 5 rings (SSSR count). The molecule has 1 aromatic heterocycles. The Balaban J connectivity index is 1.51. The van der Waals surface area contributed by atoms with E-state index in [-0.39, 0.29) is 23.3 Å². The Kier molecular flexibility index (Phi) is 4.48. The largest absolute Gasteiger partial charge is 0.338 e. The molecule has 0 N–H and O–H groups in total. The predicted molar refractivity (Wildman–Crippen MR) is 114 cm³/mol. The number of benzene rings is 2. The molecule has 0 radical (unpaired) electrons. The lowest BCUT2D eigenvalue weighted by Gasteiger charge is -2.43. The molecule has 3 heterocycles. The molecule has 5 nitrogen and oxygen atoms in total. The molecule has 1 saturated heterocycles. The summed E-state index contributed by atoms with van der Waals surface area (Å²) in [6.45, 7) is 1.89. The zero-order chi connectivity index (χ0) is 20.7. The fourth-order valence-corrected chi connectivity index (χ4v) is 4.91. The second-order valence-corrected chi connectivity index (χ2v) is 8.15. The van der Waals surface area contributed by atoms with Gasteiger partial charge in [0.2, 0.25) is 0 Å². The summed E-state index contributed by atoms with van der Waals surface area (Å²) >= 11 is 0. The van der Waals surface area contributed by atoms with Gasteiger partial charge in [-0.25, -0.2) is 0 Å². The van der Waals surface area contributed by atoms with Gasteiger partial charge in [-0.2, -0.15) is 5.26 Å². The molecule has 2 aromatic carbocycles. The van der Waals surface area contributed by atoms with Crippen molar-refractivity contribution in [1.82, 2.24) is 9.47 Å². The number of nitriles is 1. The van der Waals surface area contributed by atoms with Crippen molar-refractivity contribution in [3.05, 3.63) is 93.9 Å². The minimum Gasteiger partial charge on any atom is -0.338 e. The Morgan fingerprint density at radius 1 is 0.933 bits per heavy atom. The van der Waals surface area contributed by atoms with Gasteiger partial charge in [0, 0.05) is 48.4 Å². The molecule has 0 saturated carbocycles. The van der Waals surface area contributed by atoms with Crippen LogP contribution in [0.1, 0.15) is 34.0 Å².